The molecule has 0 heterocycles. The van der Waals surface area contributed by atoms with Gasteiger partial charge in [0, 0.05) is 15.9 Å². The molecule has 0 N–H and O–H groups in total. The monoisotopic (exact) mass is 340 g/mol. The standard InChI is InChI=1S/C15H14BrClO2/c1-18-14-4-2-3-11(7-14)10-19-15-6-5-13(17)8-12(15)9-16/h2-8H,9-10H2,1H3. The van der Waals surface area contributed by atoms with E-state index >= 15 is 0 Å². The summed E-state index contributed by atoms with van der Waals surface area (Å²) in [5.74, 6) is 1.67. The number of hydrogen-bond donors (Lipinski definition) is 0. The van der Waals surface area contributed by atoms with E-state index in [9.17, 15) is 0 Å². The van der Waals surface area contributed by atoms with Crippen LogP contribution >= 0.6 is 27.5 Å². The van der Waals surface area contributed by atoms with Crippen LogP contribution in [0.15, 0.2) is 42.5 Å². The van der Waals surface area contributed by atoms with Gasteiger partial charge in [-0.1, -0.05) is 39.7 Å². The minimum absolute atomic E-state index is 0.499. The maximum atomic E-state index is 5.96. The molecule has 0 aliphatic heterocycles. The van der Waals surface area contributed by atoms with Crippen molar-refractivity contribution in [3.8, 4) is 11.5 Å². The van der Waals surface area contributed by atoms with Gasteiger partial charge in [-0.05, 0) is 35.9 Å². The molecule has 0 saturated carbocycles. The van der Waals surface area contributed by atoms with Gasteiger partial charge >= 0.3 is 0 Å². The van der Waals surface area contributed by atoms with E-state index < -0.39 is 0 Å². The van der Waals surface area contributed by atoms with Gasteiger partial charge < -0.3 is 9.47 Å². The van der Waals surface area contributed by atoms with Crippen molar-refractivity contribution in [3.63, 3.8) is 0 Å². The van der Waals surface area contributed by atoms with Gasteiger partial charge in [-0.25, -0.2) is 0 Å². The molecule has 0 aliphatic carbocycles. The van der Waals surface area contributed by atoms with Crippen molar-refractivity contribution in [1.82, 2.24) is 0 Å². The zero-order chi connectivity index (χ0) is 13.7. The van der Waals surface area contributed by atoms with Crippen LogP contribution in [0.5, 0.6) is 11.5 Å². The van der Waals surface area contributed by atoms with Crippen LogP contribution in [-0.2, 0) is 11.9 Å². The lowest BCUT2D eigenvalue weighted by Gasteiger charge is -2.11. The van der Waals surface area contributed by atoms with Crippen LogP contribution in [0.1, 0.15) is 11.1 Å². The fourth-order valence-electron chi connectivity index (χ4n) is 1.72. The fourth-order valence-corrected chi connectivity index (χ4v) is 2.35. The maximum absolute atomic E-state index is 5.96. The molecule has 0 amide bonds. The summed E-state index contributed by atoms with van der Waals surface area (Å²) in [5.41, 5.74) is 2.10. The lowest BCUT2D eigenvalue weighted by atomic mass is 10.2. The second-order valence-corrected chi connectivity index (χ2v) is 5.02. The van der Waals surface area contributed by atoms with Gasteiger partial charge in [0.2, 0.25) is 0 Å². The number of benzene rings is 2. The topological polar surface area (TPSA) is 18.5 Å². The van der Waals surface area contributed by atoms with Crippen LogP contribution in [0.2, 0.25) is 5.02 Å². The Morgan fingerprint density at radius 3 is 2.74 bits per heavy atom. The molecule has 0 saturated heterocycles. The van der Waals surface area contributed by atoms with Crippen LogP contribution < -0.4 is 9.47 Å². The third kappa shape index (κ3) is 3.88. The summed E-state index contributed by atoms with van der Waals surface area (Å²) in [5, 5.41) is 1.42. The van der Waals surface area contributed by atoms with Gasteiger partial charge in [-0.3, -0.25) is 0 Å². The van der Waals surface area contributed by atoms with Crippen LogP contribution in [0.4, 0.5) is 0 Å². The average molecular weight is 342 g/mol. The average Bonchev–Trinajstić information content (AvgIpc) is 2.46. The highest BCUT2D eigenvalue weighted by molar-refractivity contribution is 9.08. The molecule has 0 atom stereocenters. The molecule has 0 aliphatic rings. The third-order valence-corrected chi connectivity index (χ3v) is 3.53. The lowest BCUT2D eigenvalue weighted by molar-refractivity contribution is 0.303. The second-order valence-electron chi connectivity index (χ2n) is 4.03. The van der Waals surface area contributed by atoms with E-state index in [0.29, 0.717) is 17.0 Å². The number of hydrogen-bond acceptors (Lipinski definition) is 2. The molecule has 0 bridgehead atoms. The molecule has 100 valence electrons. The molecular formula is C15H14BrClO2. The van der Waals surface area contributed by atoms with Gasteiger partial charge in [-0.15, -0.1) is 0 Å². The van der Waals surface area contributed by atoms with Crippen molar-refractivity contribution in [1.29, 1.82) is 0 Å². The highest BCUT2D eigenvalue weighted by Crippen LogP contribution is 2.26. The van der Waals surface area contributed by atoms with Crippen LogP contribution in [0, 0.1) is 0 Å². The predicted molar refractivity (Wildman–Crippen MR) is 81.4 cm³/mol. The van der Waals surface area contributed by atoms with E-state index in [2.05, 4.69) is 15.9 Å². The molecule has 2 nitrogen and oxygen atoms in total. The van der Waals surface area contributed by atoms with Gasteiger partial charge in [0.1, 0.15) is 18.1 Å². The zero-order valence-electron chi connectivity index (χ0n) is 10.5. The number of methoxy groups -OCH3 is 1. The summed E-state index contributed by atoms with van der Waals surface area (Å²) in [7, 11) is 1.65. The Hall–Kier alpha value is -1.19. The lowest BCUT2D eigenvalue weighted by Crippen LogP contribution is -1.98. The highest BCUT2D eigenvalue weighted by atomic mass is 79.9. The van der Waals surface area contributed by atoms with Gasteiger partial charge in [0.15, 0.2) is 0 Å². The smallest absolute Gasteiger partial charge is 0.123 e. The van der Waals surface area contributed by atoms with Gasteiger partial charge in [0.25, 0.3) is 0 Å². The van der Waals surface area contributed by atoms with Crippen molar-refractivity contribution in [2.75, 3.05) is 7.11 Å². The Kier molecular flexibility index (Phi) is 5.11. The van der Waals surface area contributed by atoms with E-state index in [1.807, 2.05) is 42.5 Å². The van der Waals surface area contributed by atoms with Crippen molar-refractivity contribution in [2.45, 2.75) is 11.9 Å². The van der Waals surface area contributed by atoms with E-state index in [1.165, 1.54) is 0 Å². The van der Waals surface area contributed by atoms with Crippen LogP contribution in [0.3, 0.4) is 0 Å². The Labute approximate surface area is 126 Å². The van der Waals surface area contributed by atoms with Crippen molar-refractivity contribution >= 4 is 27.5 Å². The summed E-state index contributed by atoms with van der Waals surface area (Å²) >= 11 is 9.39. The third-order valence-electron chi connectivity index (χ3n) is 2.69. The van der Waals surface area contributed by atoms with Gasteiger partial charge in [0.05, 0.1) is 7.11 Å². The minimum atomic E-state index is 0.499. The molecule has 19 heavy (non-hydrogen) atoms. The Bertz CT molecular complexity index is 558. The summed E-state index contributed by atoms with van der Waals surface area (Å²) in [4.78, 5) is 0. The molecule has 2 aromatic carbocycles. The Balaban J connectivity index is 2.09. The molecule has 2 rings (SSSR count). The summed E-state index contributed by atoms with van der Waals surface area (Å²) in [6.07, 6.45) is 0. The quantitative estimate of drug-likeness (QED) is 0.726. The van der Waals surface area contributed by atoms with E-state index in [0.717, 1.165) is 22.6 Å². The predicted octanol–water partition coefficient (Wildman–Crippen LogP) is 4.82. The number of ether oxygens (including phenoxy) is 2. The molecule has 0 aromatic heterocycles. The maximum Gasteiger partial charge on any atom is 0.123 e. The molecule has 2 aromatic rings. The summed E-state index contributed by atoms with van der Waals surface area (Å²) in [6, 6.07) is 13.4. The molecule has 0 unspecified atom stereocenters. The van der Waals surface area contributed by atoms with Crippen molar-refractivity contribution in [3.05, 3.63) is 58.6 Å². The van der Waals surface area contributed by atoms with Crippen LogP contribution in [-0.4, -0.2) is 7.11 Å². The first-order chi connectivity index (χ1) is 9.22. The Morgan fingerprint density at radius 1 is 1.16 bits per heavy atom. The first-order valence-corrected chi connectivity index (χ1v) is 7.33. The fraction of sp³-hybridized carbons (Fsp3) is 0.200. The number of alkyl halides is 1. The van der Waals surface area contributed by atoms with Gasteiger partial charge in [-0.2, -0.15) is 0 Å². The first kappa shape index (κ1) is 14.2. The highest BCUT2D eigenvalue weighted by Gasteiger charge is 2.04. The number of halogens is 2. The molecule has 4 heteroatoms. The summed E-state index contributed by atoms with van der Waals surface area (Å²) < 4.78 is 11.0. The molecule has 0 radical (unpaired) electrons. The Morgan fingerprint density at radius 2 is 2.00 bits per heavy atom. The minimum Gasteiger partial charge on any atom is -0.497 e. The van der Waals surface area contributed by atoms with E-state index in [-0.39, 0.29) is 0 Å². The molecule has 0 fully saturated rings. The molecule has 0 spiro atoms. The first-order valence-electron chi connectivity index (χ1n) is 5.83. The van der Waals surface area contributed by atoms with Crippen LogP contribution in [0.25, 0.3) is 0 Å². The zero-order valence-corrected chi connectivity index (χ0v) is 12.9. The van der Waals surface area contributed by atoms with Crippen molar-refractivity contribution in [2.24, 2.45) is 0 Å². The normalized spacial score (nSPS) is 10.3. The summed E-state index contributed by atoms with van der Waals surface area (Å²) in [6.45, 7) is 0.499. The second kappa shape index (κ2) is 6.83. The van der Waals surface area contributed by atoms with E-state index in [4.69, 9.17) is 21.1 Å². The van der Waals surface area contributed by atoms with Crippen molar-refractivity contribution < 1.29 is 9.47 Å². The van der Waals surface area contributed by atoms with E-state index in [1.54, 1.807) is 7.11 Å². The number of rotatable bonds is 5. The largest absolute Gasteiger partial charge is 0.497 e. The SMILES string of the molecule is COc1cccc(COc2ccc(Cl)cc2CBr)c1. The molecular weight excluding hydrogens is 328 g/mol.